The van der Waals surface area contributed by atoms with Crippen LogP contribution in [0.3, 0.4) is 0 Å². The molecule has 4 aromatic carbocycles. The maximum Gasteiger partial charge on any atom is 0.475 e. The topological polar surface area (TPSA) is 137 Å². The first kappa shape index (κ1) is 37.1. The lowest BCUT2D eigenvalue weighted by Gasteiger charge is -2.24. The molecule has 0 fully saturated rings. The minimum atomic E-state index is -4.39. The molecule has 1 amide bonds. The molecular formula is C36H40NO11P. The van der Waals surface area contributed by atoms with Gasteiger partial charge >= 0.3 is 19.9 Å². The smallest absolute Gasteiger partial charge is 0.475 e. The molecule has 0 bridgehead atoms. The molecule has 1 N–H and O–H groups in total. The number of esters is 1. The summed E-state index contributed by atoms with van der Waals surface area (Å²) in [5, 5.41) is 2.45. The molecule has 260 valence electrons. The molecule has 3 atom stereocenters. The summed E-state index contributed by atoms with van der Waals surface area (Å²) in [5.74, 6) is 0.385. The average molecular weight is 694 g/mol. The van der Waals surface area contributed by atoms with Crippen molar-refractivity contribution in [3.63, 3.8) is 0 Å². The minimum absolute atomic E-state index is 0.0435. The second-order valence-corrected chi connectivity index (χ2v) is 12.2. The fraction of sp³-hybridized carbons (Fsp3) is 0.278. The molecule has 4 rings (SSSR count). The molecule has 0 aliphatic heterocycles. The van der Waals surface area contributed by atoms with Crippen molar-refractivity contribution in [2.75, 3.05) is 34.0 Å². The third-order valence-corrected chi connectivity index (χ3v) is 8.27. The van der Waals surface area contributed by atoms with E-state index in [-0.39, 0.29) is 33.0 Å². The van der Waals surface area contributed by atoms with Crippen molar-refractivity contribution in [1.82, 2.24) is 5.32 Å². The lowest BCUT2D eigenvalue weighted by molar-refractivity contribution is -0.148. The number of alkyl carbamates (subject to hydrolysis) is 1. The summed E-state index contributed by atoms with van der Waals surface area (Å²) < 4.78 is 58.2. The number of phosphoric acid groups is 1. The van der Waals surface area contributed by atoms with Crippen molar-refractivity contribution in [2.45, 2.75) is 32.0 Å². The zero-order valence-electron chi connectivity index (χ0n) is 27.3. The molecule has 12 nitrogen and oxygen atoms in total. The van der Waals surface area contributed by atoms with Gasteiger partial charge in [-0.3, -0.25) is 13.6 Å². The highest BCUT2D eigenvalue weighted by Gasteiger charge is 2.33. The van der Waals surface area contributed by atoms with Gasteiger partial charge in [-0.15, -0.1) is 0 Å². The van der Waals surface area contributed by atoms with Gasteiger partial charge in [-0.25, -0.2) is 14.2 Å². The fourth-order valence-electron chi connectivity index (χ4n) is 4.13. The van der Waals surface area contributed by atoms with Gasteiger partial charge in [0.25, 0.3) is 0 Å². The number of methoxy groups -OCH3 is 2. The van der Waals surface area contributed by atoms with Gasteiger partial charge in [0.2, 0.25) is 0 Å². The lowest BCUT2D eigenvalue weighted by atomic mass is 10.2. The van der Waals surface area contributed by atoms with Crippen molar-refractivity contribution in [3.05, 3.63) is 132 Å². The number of carbonyl (C=O) groups excluding carboxylic acids is 2. The largest absolute Gasteiger partial charge is 0.497 e. The Morgan fingerprint density at radius 3 is 1.67 bits per heavy atom. The van der Waals surface area contributed by atoms with Crippen LogP contribution in [0.2, 0.25) is 0 Å². The van der Waals surface area contributed by atoms with Crippen molar-refractivity contribution < 1.29 is 51.4 Å². The number of hydrogen-bond acceptors (Lipinski definition) is 11. The molecule has 0 aliphatic carbocycles. The first-order valence-electron chi connectivity index (χ1n) is 15.4. The maximum atomic E-state index is 14.0. The number of phosphoric ester groups is 1. The second-order valence-electron chi connectivity index (χ2n) is 10.5. The van der Waals surface area contributed by atoms with Crippen molar-refractivity contribution in [1.29, 1.82) is 0 Å². The average Bonchev–Trinajstić information content (AvgIpc) is 3.15. The fourth-order valence-corrected chi connectivity index (χ4v) is 5.34. The van der Waals surface area contributed by atoms with E-state index in [1.807, 2.05) is 18.2 Å². The van der Waals surface area contributed by atoms with Crippen LogP contribution >= 0.6 is 7.82 Å². The summed E-state index contributed by atoms with van der Waals surface area (Å²) in [6, 6.07) is 32.5. The monoisotopic (exact) mass is 693 g/mol. The third-order valence-electron chi connectivity index (χ3n) is 6.89. The van der Waals surface area contributed by atoms with Crippen LogP contribution in [0, 0.1) is 0 Å². The van der Waals surface area contributed by atoms with Crippen molar-refractivity contribution in [2.24, 2.45) is 0 Å². The van der Waals surface area contributed by atoms with Crippen LogP contribution in [0.15, 0.2) is 115 Å². The van der Waals surface area contributed by atoms with Crippen LogP contribution in [-0.2, 0) is 57.0 Å². The van der Waals surface area contributed by atoms with E-state index < -0.39 is 38.6 Å². The number of ether oxygens (including phenoxy) is 5. The van der Waals surface area contributed by atoms with E-state index in [1.54, 1.807) is 104 Å². The van der Waals surface area contributed by atoms with E-state index in [2.05, 4.69) is 5.32 Å². The number of rotatable bonds is 20. The van der Waals surface area contributed by atoms with E-state index in [0.717, 1.165) is 11.1 Å². The number of amides is 1. The van der Waals surface area contributed by atoms with Gasteiger partial charge in [0, 0.05) is 7.11 Å². The summed E-state index contributed by atoms with van der Waals surface area (Å²) >= 11 is 0. The standard InChI is InChI=1S/C36H40NO11P/c1-41-31-18-20-32(21-19-31)43-25-33(42-2)26-47-49(40,46-24-30-16-10-5-11-17-30)48-27-34(35(38)44-22-28-12-6-3-7-13-28)37-36(39)45-23-29-14-8-4-9-15-29/h3-21,33-34H,22-27H2,1-2H3,(H,37,39)/t33-,34-,49?/m0/s1. The zero-order chi connectivity index (χ0) is 34.7. The summed E-state index contributed by atoms with van der Waals surface area (Å²) in [5.41, 5.74) is 2.17. The first-order chi connectivity index (χ1) is 23.9. The Balaban J connectivity index is 1.43. The van der Waals surface area contributed by atoms with Gasteiger partial charge in [-0.05, 0) is 41.0 Å². The van der Waals surface area contributed by atoms with Crippen LogP contribution in [-0.4, -0.2) is 58.2 Å². The highest BCUT2D eigenvalue weighted by atomic mass is 31.2. The first-order valence-corrected chi connectivity index (χ1v) is 16.9. The Labute approximate surface area is 285 Å². The molecule has 13 heteroatoms. The van der Waals surface area contributed by atoms with E-state index >= 15 is 0 Å². The number of carbonyl (C=O) groups is 2. The molecule has 0 radical (unpaired) electrons. The molecule has 0 aromatic heterocycles. The molecular weight excluding hydrogens is 653 g/mol. The Morgan fingerprint density at radius 1 is 0.612 bits per heavy atom. The predicted octanol–water partition coefficient (Wildman–Crippen LogP) is 6.49. The molecule has 0 spiro atoms. The molecule has 0 heterocycles. The quantitative estimate of drug-likeness (QED) is 0.0804. The zero-order valence-corrected chi connectivity index (χ0v) is 28.2. The van der Waals surface area contributed by atoms with Gasteiger partial charge in [0.15, 0.2) is 6.04 Å². The Bertz CT molecular complexity index is 1590. The summed E-state index contributed by atoms with van der Waals surface area (Å²) in [6.07, 6.45) is -1.60. The summed E-state index contributed by atoms with van der Waals surface area (Å²) in [4.78, 5) is 26.0. The third kappa shape index (κ3) is 13.4. The SMILES string of the molecule is COc1ccc(OC[C@@H](COP(=O)(OCc2ccccc2)OC[C@H](NC(=O)OCc2ccccc2)C(=O)OCc2ccccc2)OC)cc1. The molecule has 1 unspecified atom stereocenters. The van der Waals surface area contributed by atoms with Gasteiger partial charge in [0.1, 0.15) is 37.4 Å². The van der Waals surface area contributed by atoms with Crippen LogP contribution in [0.25, 0.3) is 0 Å². The van der Waals surface area contributed by atoms with Crippen molar-refractivity contribution >= 4 is 19.9 Å². The number of benzene rings is 4. The maximum absolute atomic E-state index is 14.0. The van der Waals surface area contributed by atoms with Crippen LogP contribution in [0.1, 0.15) is 16.7 Å². The van der Waals surface area contributed by atoms with E-state index in [0.29, 0.717) is 17.1 Å². The predicted molar refractivity (Wildman–Crippen MR) is 180 cm³/mol. The summed E-state index contributed by atoms with van der Waals surface area (Å²) in [7, 11) is -1.37. The highest BCUT2D eigenvalue weighted by Crippen LogP contribution is 2.50. The Hall–Kier alpha value is -4.71. The van der Waals surface area contributed by atoms with E-state index in [1.165, 1.54) is 7.11 Å². The highest BCUT2D eigenvalue weighted by molar-refractivity contribution is 7.48. The molecule has 0 saturated carbocycles. The molecule has 0 saturated heterocycles. The molecule has 0 aliphatic rings. The van der Waals surface area contributed by atoms with E-state index in [4.69, 9.17) is 37.3 Å². The number of nitrogens with one attached hydrogen (secondary N) is 1. The Morgan fingerprint density at radius 2 is 1.12 bits per heavy atom. The molecule has 49 heavy (non-hydrogen) atoms. The summed E-state index contributed by atoms with van der Waals surface area (Å²) in [6.45, 7) is -1.08. The van der Waals surface area contributed by atoms with E-state index in [9.17, 15) is 14.2 Å². The van der Waals surface area contributed by atoms with Gasteiger partial charge in [-0.1, -0.05) is 91.0 Å². The second kappa shape index (κ2) is 20.0. The van der Waals surface area contributed by atoms with Crippen LogP contribution in [0.4, 0.5) is 4.79 Å². The van der Waals surface area contributed by atoms with Gasteiger partial charge in [-0.2, -0.15) is 0 Å². The van der Waals surface area contributed by atoms with Crippen molar-refractivity contribution in [3.8, 4) is 11.5 Å². The number of hydrogen-bond donors (Lipinski definition) is 1. The minimum Gasteiger partial charge on any atom is -0.497 e. The van der Waals surface area contributed by atoms with Gasteiger partial charge in [0.05, 0.1) is 26.9 Å². The van der Waals surface area contributed by atoms with Gasteiger partial charge < -0.3 is 29.0 Å². The van der Waals surface area contributed by atoms with Crippen LogP contribution in [0.5, 0.6) is 11.5 Å². The normalized spacial score (nSPS) is 13.3. The lowest BCUT2D eigenvalue weighted by Crippen LogP contribution is -2.45. The van der Waals surface area contributed by atoms with Crippen LogP contribution < -0.4 is 14.8 Å². The molecule has 4 aromatic rings. The Kier molecular flexibility index (Phi) is 15.1.